The van der Waals surface area contributed by atoms with E-state index in [0.29, 0.717) is 12.0 Å². The number of anilines is 2. The molecule has 0 saturated carbocycles. The van der Waals surface area contributed by atoms with Gasteiger partial charge in [-0.2, -0.15) is 0 Å². The molecule has 4 nitrogen and oxygen atoms in total. The van der Waals surface area contributed by atoms with Gasteiger partial charge in [-0.3, -0.25) is 9.79 Å². The van der Waals surface area contributed by atoms with Gasteiger partial charge in [0, 0.05) is 36.1 Å². The third kappa shape index (κ3) is 4.27. The van der Waals surface area contributed by atoms with E-state index < -0.39 is 0 Å². The Morgan fingerprint density at radius 2 is 1.89 bits per heavy atom. The van der Waals surface area contributed by atoms with Gasteiger partial charge in [0.15, 0.2) is 0 Å². The summed E-state index contributed by atoms with van der Waals surface area (Å²) in [5.74, 6) is 0.448. The highest BCUT2D eigenvalue weighted by Gasteiger charge is 2.37. The summed E-state index contributed by atoms with van der Waals surface area (Å²) in [5, 5.41) is 2.77. The highest BCUT2D eigenvalue weighted by molar-refractivity contribution is 5.89. The number of nitrogens with one attached hydrogen (secondary N) is 1. The quantitative estimate of drug-likeness (QED) is 0.675. The van der Waals surface area contributed by atoms with Crippen LogP contribution in [0.4, 0.5) is 17.1 Å². The van der Waals surface area contributed by atoms with Crippen molar-refractivity contribution in [2.45, 2.75) is 65.5 Å². The fraction of sp³-hybridized carbons (Fsp3) is 0.417. The number of hydrogen-bond acceptors (Lipinski definition) is 3. The second-order valence-electron chi connectivity index (χ2n) is 8.69. The average molecular weight is 378 g/mol. The Balaban J connectivity index is 1.84. The van der Waals surface area contributed by atoms with Crippen molar-refractivity contribution in [2.24, 2.45) is 4.99 Å². The Morgan fingerprint density at radius 3 is 2.50 bits per heavy atom. The second kappa shape index (κ2) is 7.78. The fourth-order valence-corrected chi connectivity index (χ4v) is 4.51. The van der Waals surface area contributed by atoms with E-state index in [1.165, 1.54) is 18.2 Å². The van der Waals surface area contributed by atoms with E-state index in [9.17, 15) is 4.79 Å². The SMILES string of the molecule is CC(=O)Nc1ccc(N=Cc2ccc3c(c2)[C@H](C)CC(C)(C)N3C(C)C)cc1. The van der Waals surface area contributed by atoms with E-state index in [1.54, 1.807) is 0 Å². The Morgan fingerprint density at radius 1 is 1.21 bits per heavy atom. The van der Waals surface area contributed by atoms with Gasteiger partial charge in [-0.05, 0) is 87.6 Å². The van der Waals surface area contributed by atoms with Crippen LogP contribution >= 0.6 is 0 Å². The van der Waals surface area contributed by atoms with Gasteiger partial charge >= 0.3 is 0 Å². The minimum Gasteiger partial charge on any atom is -0.364 e. The fourth-order valence-electron chi connectivity index (χ4n) is 4.51. The zero-order chi connectivity index (χ0) is 20.5. The smallest absolute Gasteiger partial charge is 0.221 e. The van der Waals surface area contributed by atoms with E-state index in [4.69, 9.17) is 0 Å². The maximum Gasteiger partial charge on any atom is 0.221 e. The van der Waals surface area contributed by atoms with Crippen molar-refractivity contribution in [3.05, 3.63) is 53.6 Å². The van der Waals surface area contributed by atoms with Crippen LogP contribution in [0.3, 0.4) is 0 Å². The van der Waals surface area contributed by atoms with Crippen molar-refractivity contribution in [1.29, 1.82) is 0 Å². The van der Waals surface area contributed by atoms with E-state index in [2.05, 4.69) is 68.0 Å². The van der Waals surface area contributed by atoms with Crippen LogP contribution < -0.4 is 10.2 Å². The molecule has 0 saturated heterocycles. The van der Waals surface area contributed by atoms with Crippen molar-refractivity contribution in [1.82, 2.24) is 0 Å². The van der Waals surface area contributed by atoms with Crippen molar-refractivity contribution in [2.75, 3.05) is 10.2 Å². The summed E-state index contributed by atoms with van der Waals surface area (Å²) in [5.41, 5.74) is 5.66. The number of benzene rings is 2. The van der Waals surface area contributed by atoms with Crippen molar-refractivity contribution >= 4 is 29.2 Å². The molecule has 4 heteroatoms. The second-order valence-corrected chi connectivity index (χ2v) is 8.69. The van der Waals surface area contributed by atoms with Crippen LogP contribution in [0, 0.1) is 0 Å². The summed E-state index contributed by atoms with van der Waals surface area (Å²) in [6.45, 7) is 13.0. The van der Waals surface area contributed by atoms with Crippen molar-refractivity contribution in [3.8, 4) is 0 Å². The number of rotatable bonds is 4. The molecule has 0 spiro atoms. The lowest BCUT2D eigenvalue weighted by atomic mass is 9.79. The van der Waals surface area contributed by atoms with Crippen LogP contribution in [-0.4, -0.2) is 23.7 Å². The monoisotopic (exact) mass is 377 g/mol. The number of aliphatic imine (C=N–C) groups is 1. The molecule has 1 amide bonds. The molecule has 1 aliphatic heterocycles. The summed E-state index contributed by atoms with van der Waals surface area (Å²) in [4.78, 5) is 18.3. The summed E-state index contributed by atoms with van der Waals surface area (Å²) in [6.07, 6.45) is 3.06. The van der Waals surface area contributed by atoms with Crippen LogP contribution in [0.1, 0.15) is 65.0 Å². The molecule has 28 heavy (non-hydrogen) atoms. The molecule has 2 aromatic rings. The van der Waals surface area contributed by atoms with Crippen LogP contribution in [-0.2, 0) is 4.79 Å². The average Bonchev–Trinajstić information content (AvgIpc) is 2.60. The summed E-state index contributed by atoms with van der Waals surface area (Å²) >= 11 is 0. The highest BCUT2D eigenvalue weighted by atomic mass is 16.1. The maximum absolute atomic E-state index is 11.1. The van der Waals surface area contributed by atoms with Gasteiger partial charge in [0.25, 0.3) is 0 Å². The lowest BCUT2D eigenvalue weighted by Gasteiger charge is -2.50. The molecule has 0 fully saturated rings. The number of hydrogen-bond donors (Lipinski definition) is 1. The van der Waals surface area contributed by atoms with E-state index >= 15 is 0 Å². The lowest BCUT2D eigenvalue weighted by molar-refractivity contribution is -0.114. The third-order valence-corrected chi connectivity index (χ3v) is 5.37. The molecule has 148 valence electrons. The third-order valence-electron chi connectivity index (χ3n) is 5.37. The summed E-state index contributed by atoms with van der Waals surface area (Å²) in [7, 11) is 0. The Hall–Kier alpha value is -2.62. The zero-order valence-electron chi connectivity index (χ0n) is 17.8. The Labute approximate surface area is 168 Å². The van der Waals surface area contributed by atoms with Crippen LogP contribution in [0.15, 0.2) is 47.5 Å². The number of carbonyl (C=O) groups is 1. The number of amides is 1. The summed E-state index contributed by atoms with van der Waals surface area (Å²) < 4.78 is 0. The number of nitrogens with zero attached hydrogens (tertiary/aromatic N) is 2. The van der Waals surface area contributed by atoms with Gasteiger partial charge < -0.3 is 10.2 Å². The molecular weight excluding hydrogens is 346 g/mol. The molecule has 2 aromatic carbocycles. The van der Waals surface area contributed by atoms with Crippen LogP contribution in [0.25, 0.3) is 0 Å². The number of carbonyl (C=O) groups excluding carboxylic acids is 1. The highest BCUT2D eigenvalue weighted by Crippen LogP contribution is 2.44. The van der Waals surface area contributed by atoms with Gasteiger partial charge in [0.05, 0.1) is 5.69 Å². The first-order valence-corrected chi connectivity index (χ1v) is 10.0. The molecular formula is C24H31N3O. The number of fused-ring (bicyclic) bond motifs is 1. The predicted octanol–water partition coefficient (Wildman–Crippen LogP) is 5.90. The van der Waals surface area contributed by atoms with Gasteiger partial charge in [-0.15, -0.1) is 0 Å². The molecule has 1 N–H and O–H groups in total. The van der Waals surface area contributed by atoms with Gasteiger partial charge in [-0.1, -0.05) is 13.0 Å². The van der Waals surface area contributed by atoms with Gasteiger partial charge in [-0.25, -0.2) is 0 Å². The molecule has 1 atom stereocenters. The minimum absolute atomic E-state index is 0.0713. The molecule has 0 radical (unpaired) electrons. The molecule has 0 bridgehead atoms. The van der Waals surface area contributed by atoms with Crippen LogP contribution in [0.2, 0.25) is 0 Å². The maximum atomic E-state index is 11.1. The van der Waals surface area contributed by atoms with E-state index in [0.717, 1.165) is 23.4 Å². The summed E-state index contributed by atoms with van der Waals surface area (Å²) in [6, 6.07) is 14.7. The van der Waals surface area contributed by atoms with Gasteiger partial charge in [0.1, 0.15) is 0 Å². The molecule has 0 unspecified atom stereocenters. The van der Waals surface area contributed by atoms with E-state index in [-0.39, 0.29) is 11.4 Å². The van der Waals surface area contributed by atoms with Crippen molar-refractivity contribution < 1.29 is 4.79 Å². The molecule has 1 heterocycles. The molecule has 1 aliphatic rings. The topological polar surface area (TPSA) is 44.7 Å². The zero-order valence-corrected chi connectivity index (χ0v) is 17.8. The minimum atomic E-state index is -0.0713. The van der Waals surface area contributed by atoms with Crippen molar-refractivity contribution in [3.63, 3.8) is 0 Å². The molecule has 0 aliphatic carbocycles. The Bertz CT molecular complexity index is 881. The molecule has 3 rings (SSSR count). The normalized spacial score (nSPS) is 18.4. The predicted molar refractivity (Wildman–Crippen MR) is 119 cm³/mol. The van der Waals surface area contributed by atoms with Crippen LogP contribution in [0.5, 0.6) is 0 Å². The largest absolute Gasteiger partial charge is 0.364 e. The van der Waals surface area contributed by atoms with Gasteiger partial charge in [0.2, 0.25) is 5.91 Å². The van der Waals surface area contributed by atoms with E-state index in [1.807, 2.05) is 30.5 Å². The lowest BCUT2D eigenvalue weighted by Crippen LogP contribution is -2.51. The molecule has 0 aromatic heterocycles. The standard InChI is InChI=1S/C24H31N3O/c1-16(2)27-23-12-7-19(13-22(23)17(3)14-24(27,5)6)15-25-20-8-10-21(11-9-20)26-18(4)28/h7-13,15-17H,14H2,1-6H3,(H,26,28)/t17-/m1/s1. The first-order chi connectivity index (χ1) is 13.2. The Kier molecular flexibility index (Phi) is 5.59. The first kappa shape index (κ1) is 20.1. The first-order valence-electron chi connectivity index (χ1n) is 10.0.